The maximum absolute atomic E-state index is 11.3. The predicted molar refractivity (Wildman–Crippen MR) is 82.3 cm³/mol. The number of nitrogens with zero attached hydrogens (tertiary/aromatic N) is 3. The smallest absolute Gasteiger partial charge is 0.364 e. The fourth-order valence-electron chi connectivity index (χ4n) is 2.68. The Morgan fingerprint density at radius 3 is 2.74 bits per heavy atom. The number of hydrogen-bond acceptors (Lipinski definition) is 8. The molecule has 3 rings (SSSR count). The Hall–Kier alpha value is -2.97. The molecule has 2 aliphatic heterocycles. The lowest BCUT2D eigenvalue weighted by atomic mass is 10.2. The van der Waals surface area contributed by atoms with E-state index in [2.05, 4.69) is 20.2 Å². The number of nitrogens with one attached hydrogen (secondary N) is 1. The van der Waals surface area contributed by atoms with Crippen molar-refractivity contribution >= 4 is 29.4 Å². The van der Waals surface area contributed by atoms with Gasteiger partial charge in [0.1, 0.15) is 6.17 Å². The minimum Gasteiger partial charge on any atom is -0.364 e. The molecule has 2 heterocycles. The Morgan fingerprint density at radius 1 is 1.35 bits per heavy atom. The largest absolute Gasteiger partial charge is 0.561 e. The molecule has 0 saturated carbocycles. The summed E-state index contributed by atoms with van der Waals surface area (Å²) < 4.78 is 0. The van der Waals surface area contributed by atoms with Gasteiger partial charge in [-0.15, -0.1) is 5.06 Å². The van der Waals surface area contributed by atoms with Gasteiger partial charge in [-0.2, -0.15) is 4.79 Å². The van der Waals surface area contributed by atoms with Gasteiger partial charge in [0.2, 0.25) is 5.91 Å². The second-order valence-electron chi connectivity index (χ2n) is 5.24. The highest BCUT2D eigenvalue weighted by atomic mass is 16.9. The maximum atomic E-state index is 11.3. The van der Waals surface area contributed by atoms with Crippen LogP contribution in [-0.2, 0) is 14.5 Å². The Kier molecular flexibility index (Phi) is 3.92. The van der Waals surface area contributed by atoms with Crippen molar-refractivity contribution in [2.75, 3.05) is 16.5 Å². The standard InChI is InChI=1S/C14H17N5O4/c1-9(20)16-12-3-2-8-18(12)10-4-6-11(7-5-10)19-13(15)17-22-14(21)23-19/h4-7,12H,2-3,8H2,1H3,(H2,15,17)(H,16,20)/t12-/m0/s1. The molecule has 1 saturated heterocycles. The van der Waals surface area contributed by atoms with Crippen LogP contribution in [0.4, 0.5) is 16.2 Å². The number of carbonyl (C=O) groups excluding carboxylic acids is 2. The van der Waals surface area contributed by atoms with Gasteiger partial charge < -0.3 is 16.0 Å². The predicted octanol–water partition coefficient (Wildman–Crippen LogP) is 0.867. The van der Waals surface area contributed by atoms with E-state index in [-0.39, 0.29) is 18.0 Å². The van der Waals surface area contributed by atoms with Gasteiger partial charge >= 0.3 is 6.16 Å². The van der Waals surface area contributed by atoms with E-state index in [1.54, 1.807) is 12.1 Å². The van der Waals surface area contributed by atoms with Gasteiger partial charge in [-0.05, 0) is 42.3 Å². The lowest BCUT2D eigenvalue weighted by Crippen LogP contribution is -2.44. The Labute approximate surface area is 132 Å². The fraction of sp³-hybridized carbons (Fsp3) is 0.357. The summed E-state index contributed by atoms with van der Waals surface area (Å²) in [4.78, 5) is 33.7. The number of benzene rings is 1. The summed E-state index contributed by atoms with van der Waals surface area (Å²) in [7, 11) is 0. The zero-order valence-electron chi connectivity index (χ0n) is 12.6. The van der Waals surface area contributed by atoms with Crippen molar-refractivity contribution in [2.24, 2.45) is 10.9 Å². The first-order chi connectivity index (χ1) is 11.0. The molecule has 1 amide bonds. The van der Waals surface area contributed by atoms with Crippen molar-refractivity contribution < 1.29 is 19.3 Å². The number of amides is 1. The van der Waals surface area contributed by atoms with Crippen molar-refractivity contribution in [1.82, 2.24) is 5.32 Å². The maximum Gasteiger partial charge on any atom is 0.561 e. The third-order valence-electron chi connectivity index (χ3n) is 3.63. The third kappa shape index (κ3) is 3.12. The number of nitrogens with two attached hydrogens (primary N) is 1. The molecule has 1 atom stereocenters. The minimum atomic E-state index is -0.950. The number of carbonyl (C=O) groups is 2. The molecule has 1 aromatic carbocycles. The molecule has 9 heteroatoms. The monoisotopic (exact) mass is 319 g/mol. The van der Waals surface area contributed by atoms with E-state index >= 15 is 0 Å². The number of hydroxylamine groups is 1. The first-order valence-corrected chi connectivity index (χ1v) is 7.21. The topological polar surface area (TPSA) is 109 Å². The molecule has 9 nitrogen and oxygen atoms in total. The first kappa shape index (κ1) is 14.9. The Bertz CT molecular complexity index is 645. The lowest BCUT2D eigenvalue weighted by molar-refractivity contribution is -0.119. The van der Waals surface area contributed by atoms with Crippen LogP contribution in [0.3, 0.4) is 0 Å². The molecular weight excluding hydrogens is 302 g/mol. The summed E-state index contributed by atoms with van der Waals surface area (Å²) >= 11 is 0. The van der Waals surface area contributed by atoms with E-state index in [9.17, 15) is 9.59 Å². The summed E-state index contributed by atoms with van der Waals surface area (Å²) in [6.07, 6.45) is 0.954. The molecular formula is C14H17N5O4. The molecule has 0 radical (unpaired) electrons. The molecule has 0 spiro atoms. The highest BCUT2D eigenvalue weighted by molar-refractivity contribution is 5.95. The Morgan fingerprint density at radius 2 is 2.04 bits per heavy atom. The van der Waals surface area contributed by atoms with E-state index in [1.807, 2.05) is 12.1 Å². The molecule has 1 aromatic rings. The number of oxime groups is 1. The number of anilines is 2. The van der Waals surface area contributed by atoms with Crippen LogP contribution in [0.1, 0.15) is 19.8 Å². The van der Waals surface area contributed by atoms with Crippen LogP contribution >= 0.6 is 0 Å². The molecule has 0 unspecified atom stereocenters. The van der Waals surface area contributed by atoms with Crippen LogP contribution in [0.2, 0.25) is 0 Å². The van der Waals surface area contributed by atoms with Crippen LogP contribution < -0.4 is 21.0 Å². The zero-order chi connectivity index (χ0) is 16.4. The fourth-order valence-corrected chi connectivity index (χ4v) is 2.68. The van der Waals surface area contributed by atoms with Crippen LogP contribution in [0.15, 0.2) is 29.4 Å². The zero-order valence-corrected chi connectivity index (χ0v) is 12.6. The highest BCUT2D eigenvalue weighted by Gasteiger charge is 2.27. The van der Waals surface area contributed by atoms with Gasteiger partial charge in [0.15, 0.2) is 0 Å². The molecule has 0 aromatic heterocycles. The van der Waals surface area contributed by atoms with Crippen molar-refractivity contribution in [1.29, 1.82) is 0 Å². The average molecular weight is 319 g/mol. The van der Waals surface area contributed by atoms with Crippen LogP contribution in [-0.4, -0.2) is 30.7 Å². The lowest BCUT2D eigenvalue weighted by Gasteiger charge is -2.28. The van der Waals surface area contributed by atoms with Crippen molar-refractivity contribution in [3.63, 3.8) is 0 Å². The van der Waals surface area contributed by atoms with Crippen LogP contribution in [0.25, 0.3) is 0 Å². The van der Waals surface area contributed by atoms with E-state index in [4.69, 9.17) is 10.6 Å². The average Bonchev–Trinajstić information content (AvgIpc) is 2.97. The summed E-state index contributed by atoms with van der Waals surface area (Å²) in [5.74, 6) is -0.127. The molecule has 0 bridgehead atoms. The summed E-state index contributed by atoms with van der Waals surface area (Å²) in [6, 6.07) is 7.23. The van der Waals surface area contributed by atoms with Gasteiger partial charge in [-0.1, -0.05) is 0 Å². The van der Waals surface area contributed by atoms with Gasteiger partial charge in [0.25, 0.3) is 5.96 Å². The third-order valence-corrected chi connectivity index (χ3v) is 3.63. The SMILES string of the molecule is CC(=O)N[C@@H]1CCCN1c1ccc(N2OC(=O)ON=C2N)cc1. The van der Waals surface area contributed by atoms with E-state index in [0.717, 1.165) is 30.1 Å². The van der Waals surface area contributed by atoms with E-state index in [0.29, 0.717) is 5.69 Å². The molecule has 122 valence electrons. The molecule has 2 aliphatic rings. The van der Waals surface area contributed by atoms with Crippen molar-refractivity contribution in [3.8, 4) is 0 Å². The van der Waals surface area contributed by atoms with Gasteiger partial charge in [0, 0.05) is 19.2 Å². The Balaban J connectivity index is 1.77. The van der Waals surface area contributed by atoms with Crippen molar-refractivity contribution in [3.05, 3.63) is 24.3 Å². The summed E-state index contributed by atoms with van der Waals surface area (Å²) in [5, 5.41) is 7.42. The highest BCUT2D eigenvalue weighted by Crippen LogP contribution is 2.27. The first-order valence-electron chi connectivity index (χ1n) is 7.21. The van der Waals surface area contributed by atoms with Gasteiger partial charge in [0.05, 0.1) is 5.69 Å². The van der Waals surface area contributed by atoms with Crippen LogP contribution in [0, 0.1) is 0 Å². The van der Waals surface area contributed by atoms with Crippen LogP contribution in [0.5, 0.6) is 0 Å². The van der Waals surface area contributed by atoms with E-state index in [1.165, 1.54) is 6.92 Å². The second-order valence-corrected chi connectivity index (χ2v) is 5.24. The molecule has 23 heavy (non-hydrogen) atoms. The minimum absolute atomic E-state index is 0.00815. The van der Waals surface area contributed by atoms with Gasteiger partial charge in [-0.3, -0.25) is 14.5 Å². The molecule has 0 aliphatic carbocycles. The van der Waals surface area contributed by atoms with Crippen molar-refractivity contribution in [2.45, 2.75) is 25.9 Å². The second kappa shape index (κ2) is 6.03. The molecule has 1 fully saturated rings. The number of guanidine groups is 1. The van der Waals surface area contributed by atoms with Gasteiger partial charge in [-0.25, -0.2) is 0 Å². The quantitative estimate of drug-likeness (QED) is 0.795. The summed E-state index contributed by atoms with van der Waals surface area (Å²) in [5.41, 5.74) is 7.13. The number of rotatable bonds is 3. The number of hydrogen-bond donors (Lipinski definition) is 2. The van der Waals surface area contributed by atoms with E-state index < -0.39 is 6.16 Å². The normalized spacial score (nSPS) is 20.7. The summed E-state index contributed by atoms with van der Waals surface area (Å²) in [6.45, 7) is 2.37. The molecule has 3 N–H and O–H groups in total.